The Morgan fingerprint density at radius 2 is 1.82 bits per heavy atom. The number of fused-ring (bicyclic) bond motifs is 1. The molecule has 8 nitrogen and oxygen atoms in total. The summed E-state index contributed by atoms with van der Waals surface area (Å²) in [6.07, 6.45) is 0.627. The number of carbonyl (C=O) groups excluding carboxylic acids is 2. The van der Waals surface area contributed by atoms with Crippen molar-refractivity contribution < 1.29 is 28.2 Å². The standard InChI is InChI=1S/C26H29NO7/c1-16(2)21-9-8-19(12-17(21)3)32-15-24(28)33-20-7-6-18-13-22(26(30)34-23(18)14-20)25(29)27-10-5-11-31-4/h6-9,12-14,16H,5,10-11,15H2,1-4H3,(H,27,29). The van der Waals surface area contributed by atoms with Crippen molar-refractivity contribution in [1.82, 2.24) is 5.32 Å². The number of hydrogen-bond donors (Lipinski definition) is 1. The van der Waals surface area contributed by atoms with Crippen LogP contribution in [0.15, 0.2) is 51.7 Å². The summed E-state index contributed by atoms with van der Waals surface area (Å²) in [5.74, 6) is 0.0671. The monoisotopic (exact) mass is 467 g/mol. The molecule has 0 fully saturated rings. The topological polar surface area (TPSA) is 104 Å². The smallest absolute Gasteiger partial charge is 0.349 e. The number of hydrogen-bond acceptors (Lipinski definition) is 7. The van der Waals surface area contributed by atoms with Crippen molar-refractivity contribution >= 4 is 22.8 Å². The second-order valence-electron chi connectivity index (χ2n) is 8.19. The SMILES string of the molecule is COCCCNC(=O)c1cc2ccc(OC(=O)COc3ccc(C(C)C)c(C)c3)cc2oc1=O. The first-order valence-electron chi connectivity index (χ1n) is 11.1. The summed E-state index contributed by atoms with van der Waals surface area (Å²) in [4.78, 5) is 36.8. The number of rotatable bonds is 10. The Kier molecular flexibility index (Phi) is 8.43. The molecule has 0 atom stereocenters. The lowest BCUT2D eigenvalue weighted by Crippen LogP contribution is -2.29. The van der Waals surface area contributed by atoms with E-state index in [4.69, 9.17) is 18.6 Å². The van der Waals surface area contributed by atoms with Crippen LogP contribution in [0.2, 0.25) is 0 Å². The van der Waals surface area contributed by atoms with E-state index in [1.807, 2.05) is 25.1 Å². The van der Waals surface area contributed by atoms with E-state index in [0.29, 0.717) is 36.6 Å². The van der Waals surface area contributed by atoms with Gasteiger partial charge in [-0.3, -0.25) is 4.79 Å². The summed E-state index contributed by atoms with van der Waals surface area (Å²) < 4.78 is 21.1. The van der Waals surface area contributed by atoms with E-state index in [1.165, 1.54) is 17.7 Å². The number of methoxy groups -OCH3 is 1. The minimum absolute atomic E-state index is 0.0955. The first-order chi connectivity index (χ1) is 16.3. The predicted octanol–water partition coefficient (Wildman–Crippen LogP) is 3.98. The summed E-state index contributed by atoms with van der Waals surface area (Å²) in [5.41, 5.74) is 1.64. The van der Waals surface area contributed by atoms with Crippen LogP contribution in [0.3, 0.4) is 0 Å². The third-order valence-corrected chi connectivity index (χ3v) is 5.21. The molecule has 8 heteroatoms. The second kappa shape index (κ2) is 11.5. The summed E-state index contributed by atoms with van der Waals surface area (Å²) in [6.45, 7) is 6.84. The van der Waals surface area contributed by atoms with E-state index in [0.717, 1.165) is 5.56 Å². The number of nitrogens with one attached hydrogen (secondary N) is 1. The molecule has 34 heavy (non-hydrogen) atoms. The van der Waals surface area contributed by atoms with Crippen molar-refractivity contribution in [3.8, 4) is 11.5 Å². The van der Waals surface area contributed by atoms with Gasteiger partial charge in [-0.1, -0.05) is 19.9 Å². The predicted molar refractivity (Wildman–Crippen MR) is 128 cm³/mol. The van der Waals surface area contributed by atoms with Gasteiger partial charge in [0.05, 0.1) is 0 Å². The second-order valence-corrected chi connectivity index (χ2v) is 8.19. The number of benzene rings is 2. The molecule has 0 aliphatic carbocycles. The van der Waals surface area contributed by atoms with Gasteiger partial charge in [0, 0.05) is 31.7 Å². The van der Waals surface area contributed by atoms with Crippen LogP contribution in [-0.4, -0.2) is 38.7 Å². The third-order valence-electron chi connectivity index (χ3n) is 5.21. The molecule has 0 spiro atoms. The number of esters is 1. The first kappa shape index (κ1) is 25.0. The number of aryl methyl sites for hydroxylation is 1. The molecule has 0 aliphatic heterocycles. The fourth-order valence-corrected chi connectivity index (χ4v) is 3.52. The van der Waals surface area contributed by atoms with E-state index >= 15 is 0 Å². The zero-order valence-electron chi connectivity index (χ0n) is 19.8. The van der Waals surface area contributed by atoms with Crippen LogP contribution >= 0.6 is 0 Å². The minimum atomic E-state index is -0.774. The molecular weight excluding hydrogens is 438 g/mol. The Balaban J connectivity index is 1.63. The molecule has 3 rings (SSSR count). The molecule has 0 bridgehead atoms. The number of ether oxygens (including phenoxy) is 3. The molecule has 0 aliphatic rings. The zero-order valence-corrected chi connectivity index (χ0v) is 19.8. The van der Waals surface area contributed by atoms with Crippen LogP contribution < -0.4 is 20.4 Å². The molecule has 0 radical (unpaired) electrons. The lowest BCUT2D eigenvalue weighted by molar-refractivity contribution is -0.136. The average molecular weight is 468 g/mol. The van der Waals surface area contributed by atoms with Crippen LogP contribution in [0.1, 0.15) is 47.7 Å². The molecule has 180 valence electrons. The van der Waals surface area contributed by atoms with Crippen molar-refractivity contribution in [1.29, 1.82) is 0 Å². The van der Waals surface area contributed by atoms with Gasteiger partial charge in [-0.15, -0.1) is 0 Å². The highest BCUT2D eigenvalue weighted by Crippen LogP contribution is 2.24. The van der Waals surface area contributed by atoms with E-state index < -0.39 is 17.5 Å². The highest BCUT2D eigenvalue weighted by Gasteiger charge is 2.15. The lowest BCUT2D eigenvalue weighted by atomic mass is 9.98. The summed E-state index contributed by atoms with van der Waals surface area (Å²) >= 11 is 0. The van der Waals surface area contributed by atoms with Gasteiger partial charge in [0.2, 0.25) is 0 Å². The first-order valence-corrected chi connectivity index (χ1v) is 11.1. The molecular formula is C26H29NO7. The van der Waals surface area contributed by atoms with Gasteiger partial charge in [-0.25, -0.2) is 9.59 Å². The van der Waals surface area contributed by atoms with Gasteiger partial charge in [0.25, 0.3) is 5.91 Å². The van der Waals surface area contributed by atoms with Crippen molar-refractivity contribution in [3.63, 3.8) is 0 Å². The van der Waals surface area contributed by atoms with Gasteiger partial charge in [0.15, 0.2) is 6.61 Å². The molecule has 2 aromatic carbocycles. The molecule has 3 aromatic rings. The van der Waals surface area contributed by atoms with Crippen LogP contribution in [-0.2, 0) is 9.53 Å². The molecule has 0 unspecified atom stereocenters. The van der Waals surface area contributed by atoms with Crippen LogP contribution in [0.25, 0.3) is 11.0 Å². The number of amides is 1. The normalized spacial score (nSPS) is 11.0. The Morgan fingerprint density at radius 1 is 1.06 bits per heavy atom. The van der Waals surface area contributed by atoms with E-state index in [9.17, 15) is 14.4 Å². The molecule has 1 aromatic heterocycles. The summed E-state index contributed by atoms with van der Waals surface area (Å²) in [6, 6.07) is 11.7. The molecule has 1 N–H and O–H groups in total. The maximum atomic E-state index is 12.3. The zero-order chi connectivity index (χ0) is 24.7. The Bertz CT molecular complexity index is 1230. The van der Waals surface area contributed by atoms with Crippen LogP contribution in [0, 0.1) is 6.92 Å². The third kappa shape index (κ3) is 6.45. The highest BCUT2D eigenvalue weighted by atomic mass is 16.6. The minimum Gasteiger partial charge on any atom is -0.482 e. The van der Waals surface area contributed by atoms with Gasteiger partial charge < -0.3 is 23.9 Å². The van der Waals surface area contributed by atoms with E-state index in [-0.39, 0.29) is 23.5 Å². The van der Waals surface area contributed by atoms with Crippen LogP contribution in [0.5, 0.6) is 11.5 Å². The fourth-order valence-electron chi connectivity index (χ4n) is 3.52. The fraction of sp³-hybridized carbons (Fsp3) is 0.346. The maximum Gasteiger partial charge on any atom is 0.349 e. The lowest BCUT2D eigenvalue weighted by Gasteiger charge is -2.12. The van der Waals surface area contributed by atoms with Crippen molar-refractivity contribution in [2.45, 2.75) is 33.1 Å². The molecule has 0 saturated carbocycles. The van der Waals surface area contributed by atoms with Crippen molar-refractivity contribution in [2.24, 2.45) is 0 Å². The van der Waals surface area contributed by atoms with Crippen molar-refractivity contribution in [3.05, 3.63) is 69.6 Å². The molecule has 0 saturated heterocycles. The van der Waals surface area contributed by atoms with E-state index in [1.54, 1.807) is 19.2 Å². The Hall–Kier alpha value is -3.65. The van der Waals surface area contributed by atoms with Gasteiger partial charge >= 0.3 is 11.6 Å². The Labute approximate surface area is 197 Å². The average Bonchev–Trinajstić information content (AvgIpc) is 2.79. The number of carbonyl (C=O) groups is 2. The van der Waals surface area contributed by atoms with Crippen molar-refractivity contribution in [2.75, 3.05) is 26.9 Å². The van der Waals surface area contributed by atoms with Gasteiger partial charge in [0.1, 0.15) is 22.6 Å². The Morgan fingerprint density at radius 3 is 2.53 bits per heavy atom. The van der Waals surface area contributed by atoms with Gasteiger partial charge in [-0.2, -0.15) is 0 Å². The van der Waals surface area contributed by atoms with Gasteiger partial charge in [-0.05, 0) is 60.7 Å². The quantitative estimate of drug-likeness (QED) is 0.208. The maximum absolute atomic E-state index is 12.3. The van der Waals surface area contributed by atoms with Crippen LogP contribution in [0.4, 0.5) is 0 Å². The molecule has 1 amide bonds. The largest absolute Gasteiger partial charge is 0.482 e. The van der Waals surface area contributed by atoms with E-state index in [2.05, 4.69) is 19.2 Å². The summed E-state index contributed by atoms with van der Waals surface area (Å²) in [7, 11) is 1.57. The highest BCUT2D eigenvalue weighted by molar-refractivity contribution is 5.96. The molecule has 1 heterocycles. The summed E-state index contributed by atoms with van der Waals surface area (Å²) in [5, 5.41) is 3.18.